The standard InChI is InChI=1S/C12H18N2O3S/c1-18-8-4-2-3-7-14-10(16)12(5-6-12)9(15)13-11(14)17/h2-8H2,1H3,(H,13,15,17). The Hall–Kier alpha value is -1.04. The number of unbranched alkanes of at least 4 members (excludes halogenated alkanes) is 2. The van der Waals surface area contributed by atoms with Gasteiger partial charge < -0.3 is 0 Å². The monoisotopic (exact) mass is 270 g/mol. The lowest BCUT2D eigenvalue weighted by atomic mass is 10.0. The van der Waals surface area contributed by atoms with Crippen molar-refractivity contribution in [3.63, 3.8) is 0 Å². The zero-order chi connectivity index (χ0) is 13.2. The summed E-state index contributed by atoms with van der Waals surface area (Å²) < 4.78 is 0. The molecule has 2 fully saturated rings. The third-order valence-electron chi connectivity index (χ3n) is 3.53. The van der Waals surface area contributed by atoms with Gasteiger partial charge in [0.25, 0.3) is 0 Å². The summed E-state index contributed by atoms with van der Waals surface area (Å²) in [6, 6.07) is -0.549. The van der Waals surface area contributed by atoms with Crippen LogP contribution in [0, 0.1) is 5.41 Å². The van der Waals surface area contributed by atoms with E-state index in [2.05, 4.69) is 11.6 Å². The smallest absolute Gasteiger partial charge is 0.277 e. The van der Waals surface area contributed by atoms with E-state index >= 15 is 0 Å². The number of carbonyl (C=O) groups excluding carboxylic acids is 3. The SMILES string of the molecule is CSCCCCCN1C(=O)NC(=O)C2(CC2)C1=O. The first-order valence-electron chi connectivity index (χ1n) is 6.28. The Balaban J connectivity index is 1.85. The second-order valence-corrected chi connectivity index (χ2v) is 5.84. The molecule has 5 nitrogen and oxygen atoms in total. The van der Waals surface area contributed by atoms with Gasteiger partial charge in [0.2, 0.25) is 11.8 Å². The predicted molar refractivity (Wildman–Crippen MR) is 69.2 cm³/mol. The minimum atomic E-state index is -0.896. The van der Waals surface area contributed by atoms with Crippen LogP contribution in [-0.2, 0) is 9.59 Å². The topological polar surface area (TPSA) is 66.5 Å². The molecule has 0 aromatic heterocycles. The van der Waals surface area contributed by atoms with E-state index in [1.807, 2.05) is 0 Å². The summed E-state index contributed by atoms with van der Waals surface area (Å²) >= 11 is 1.79. The Morgan fingerprint density at radius 2 is 1.94 bits per heavy atom. The lowest BCUT2D eigenvalue weighted by Crippen LogP contribution is -2.59. The van der Waals surface area contributed by atoms with Gasteiger partial charge in [-0.15, -0.1) is 0 Å². The number of carbonyl (C=O) groups is 3. The van der Waals surface area contributed by atoms with Gasteiger partial charge in [0.05, 0.1) is 0 Å². The van der Waals surface area contributed by atoms with Gasteiger partial charge >= 0.3 is 6.03 Å². The van der Waals surface area contributed by atoms with E-state index < -0.39 is 17.4 Å². The van der Waals surface area contributed by atoms with Crippen LogP contribution in [0.3, 0.4) is 0 Å². The van der Waals surface area contributed by atoms with Gasteiger partial charge in [-0.25, -0.2) is 4.79 Å². The summed E-state index contributed by atoms with van der Waals surface area (Å²) in [6.07, 6.45) is 6.11. The molecule has 2 rings (SSSR count). The molecular weight excluding hydrogens is 252 g/mol. The molecule has 2 aliphatic rings. The second kappa shape index (κ2) is 5.30. The number of nitrogens with zero attached hydrogens (tertiary/aromatic N) is 1. The van der Waals surface area contributed by atoms with E-state index in [0.717, 1.165) is 25.0 Å². The molecule has 100 valence electrons. The molecule has 0 atom stereocenters. The minimum absolute atomic E-state index is 0.291. The van der Waals surface area contributed by atoms with Crippen molar-refractivity contribution in [3.8, 4) is 0 Å². The van der Waals surface area contributed by atoms with Crippen LogP contribution in [0.1, 0.15) is 32.1 Å². The summed E-state index contributed by atoms with van der Waals surface area (Å²) in [5.41, 5.74) is -0.896. The van der Waals surface area contributed by atoms with Crippen molar-refractivity contribution in [3.05, 3.63) is 0 Å². The molecule has 0 radical (unpaired) electrons. The lowest BCUT2D eigenvalue weighted by Gasteiger charge is -2.30. The normalized spacial score (nSPS) is 21.4. The Morgan fingerprint density at radius 1 is 1.22 bits per heavy atom. The number of thioether (sulfide) groups is 1. The number of hydrogen-bond donors (Lipinski definition) is 1. The molecule has 1 spiro atoms. The molecule has 1 saturated carbocycles. The third kappa shape index (κ3) is 2.39. The quantitative estimate of drug-likeness (QED) is 0.585. The van der Waals surface area contributed by atoms with Crippen molar-refractivity contribution < 1.29 is 14.4 Å². The number of imide groups is 2. The number of urea groups is 1. The maximum Gasteiger partial charge on any atom is 0.330 e. The maximum atomic E-state index is 12.1. The summed E-state index contributed by atoms with van der Waals surface area (Å²) in [5.74, 6) is 0.403. The fraction of sp³-hybridized carbons (Fsp3) is 0.750. The first kappa shape index (κ1) is 13.4. The van der Waals surface area contributed by atoms with E-state index in [-0.39, 0.29) is 5.91 Å². The van der Waals surface area contributed by atoms with Crippen LogP contribution in [0.4, 0.5) is 4.79 Å². The third-order valence-corrected chi connectivity index (χ3v) is 4.23. The van der Waals surface area contributed by atoms with Crippen LogP contribution in [0.25, 0.3) is 0 Å². The molecule has 18 heavy (non-hydrogen) atoms. The molecule has 6 heteroatoms. The van der Waals surface area contributed by atoms with Crippen molar-refractivity contribution >= 4 is 29.6 Å². The number of rotatable bonds is 6. The van der Waals surface area contributed by atoms with Crippen molar-refractivity contribution in [2.75, 3.05) is 18.6 Å². The van der Waals surface area contributed by atoms with Crippen LogP contribution in [0.2, 0.25) is 0 Å². The highest BCUT2D eigenvalue weighted by molar-refractivity contribution is 7.98. The highest BCUT2D eigenvalue weighted by Gasteiger charge is 2.61. The van der Waals surface area contributed by atoms with Crippen LogP contribution >= 0.6 is 11.8 Å². The van der Waals surface area contributed by atoms with Gasteiger partial charge in [0.15, 0.2) is 0 Å². The summed E-state index contributed by atoms with van der Waals surface area (Å²) in [7, 11) is 0. The molecule has 0 bridgehead atoms. The van der Waals surface area contributed by atoms with Crippen LogP contribution in [-0.4, -0.2) is 41.3 Å². The molecule has 1 saturated heterocycles. The van der Waals surface area contributed by atoms with Gasteiger partial charge in [0.1, 0.15) is 5.41 Å². The summed E-state index contributed by atoms with van der Waals surface area (Å²) in [4.78, 5) is 36.5. The molecule has 0 aromatic rings. The fourth-order valence-electron chi connectivity index (χ4n) is 2.19. The second-order valence-electron chi connectivity index (χ2n) is 4.85. The predicted octanol–water partition coefficient (Wildman–Crippen LogP) is 1.38. The molecule has 0 aromatic carbocycles. The van der Waals surface area contributed by atoms with E-state index in [9.17, 15) is 14.4 Å². The lowest BCUT2D eigenvalue weighted by molar-refractivity contribution is -0.144. The summed E-state index contributed by atoms with van der Waals surface area (Å²) in [5, 5.41) is 2.29. The number of nitrogens with one attached hydrogen (secondary N) is 1. The molecule has 1 aliphatic heterocycles. The van der Waals surface area contributed by atoms with Crippen LogP contribution < -0.4 is 5.32 Å². The summed E-state index contributed by atoms with van der Waals surface area (Å²) in [6.45, 7) is 0.425. The van der Waals surface area contributed by atoms with Gasteiger partial charge in [-0.2, -0.15) is 11.8 Å². The maximum absolute atomic E-state index is 12.1. The van der Waals surface area contributed by atoms with Crippen molar-refractivity contribution in [2.45, 2.75) is 32.1 Å². The highest BCUT2D eigenvalue weighted by atomic mass is 32.2. The van der Waals surface area contributed by atoms with Gasteiger partial charge in [-0.05, 0) is 37.7 Å². The first-order valence-corrected chi connectivity index (χ1v) is 7.67. The number of barbiturate groups is 1. The first-order chi connectivity index (χ1) is 8.62. The zero-order valence-corrected chi connectivity index (χ0v) is 11.3. The Morgan fingerprint density at radius 3 is 2.56 bits per heavy atom. The molecule has 1 N–H and O–H groups in total. The largest absolute Gasteiger partial charge is 0.330 e. The number of hydrogen-bond acceptors (Lipinski definition) is 4. The van der Waals surface area contributed by atoms with Crippen LogP contribution in [0.15, 0.2) is 0 Å². The zero-order valence-electron chi connectivity index (χ0n) is 10.5. The Kier molecular flexibility index (Phi) is 3.94. The number of amides is 4. The molecular formula is C12H18N2O3S. The average Bonchev–Trinajstić information content (AvgIpc) is 3.12. The minimum Gasteiger partial charge on any atom is -0.277 e. The van der Waals surface area contributed by atoms with Gasteiger partial charge in [-0.1, -0.05) is 6.42 Å². The van der Waals surface area contributed by atoms with E-state index in [1.54, 1.807) is 11.8 Å². The fourth-order valence-corrected chi connectivity index (χ4v) is 2.69. The van der Waals surface area contributed by atoms with Gasteiger partial charge in [0, 0.05) is 6.54 Å². The van der Waals surface area contributed by atoms with E-state index in [0.29, 0.717) is 19.4 Å². The van der Waals surface area contributed by atoms with Crippen molar-refractivity contribution in [1.29, 1.82) is 0 Å². The molecule has 0 unspecified atom stereocenters. The Labute approximate surface area is 111 Å². The highest BCUT2D eigenvalue weighted by Crippen LogP contribution is 2.48. The van der Waals surface area contributed by atoms with Gasteiger partial charge in [-0.3, -0.25) is 19.8 Å². The van der Waals surface area contributed by atoms with E-state index in [1.165, 1.54) is 4.90 Å². The van der Waals surface area contributed by atoms with Crippen molar-refractivity contribution in [2.24, 2.45) is 5.41 Å². The average molecular weight is 270 g/mol. The van der Waals surface area contributed by atoms with Crippen molar-refractivity contribution in [1.82, 2.24) is 10.2 Å². The van der Waals surface area contributed by atoms with E-state index in [4.69, 9.17) is 0 Å². The molecule has 1 heterocycles. The molecule has 1 aliphatic carbocycles. The molecule has 4 amide bonds. The van der Waals surface area contributed by atoms with Crippen LogP contribution in [0.5, 0.6) is 0 Å². The Bertz CT molecular complexity index is 380.